The second kappa shape index (κ2) is 6.04. The molecule has 1 unspecified atom stereocenters. The Morgan fingerprint density at radius 2 is 2.25 bits per heavy atom. The fraction of sp³-hybridized carbons (Fsp3) is 0.438. The molecule has 1 atom stereocenters. The lowest BCUT2D eigenvalue weighted by Gasteiger charge is -2.29. The zero-order valence-electron chi connectivity index (χ0n) is 12.1. The van der Waals surface area contributed by atoms with E-state index in [1.165, 1.54) is 16.8 Å². The molecule has 1 N–H and O–H groups in total. The van der Waals surface area contributed by atoms with Gasteiger partial charge in [-0.3, -0.25) is 4.90 Å². The van der Waals surface area contributed by atoms with Crippen molar-refractivity contribution in [1.82, 2.24) is 15.2 Å². The van der Waals surface area contributed by atoms with Crippen molar-refractivity contribution in [2.45, 2.75) is 25.9 Å². The normalized spacial score (nSPS) is 18.2. The first-order valence-electron chi connectivity index (χ1n) is 7.10. The van der Waals surface area contributed by atoms with Crippen molar-refractivity contribution < 1.29 is 0 Å². The van der Waals surface area contributed by atoms with Gasteiger partial charge in [-0.2, -0.15) is 0 Å². The van der Waals surface area contributed by atoms with Crippen LogP contribution >= 0.6 is 11.3 Å². The lowest BCUT2D eigenvalue weighted by atomic mass is 9.90. The molecule has 2 heterocycles. The highest BCUT2D eigenvalue weighted by Crippen LogP contribution is 2.24. The highest BCUT2D eigenvalue weighted by molar-refractivity contribution is 7.09. The quantitative estimate of drug-likeness (QED) is 0.937. The summed E-state index contributed by atoms with van der Waals surface area (Å²) in [5, 5.41) is 6.84. The van der Waals surface area contributed by atoms with Gasteiger partial charge in [0.25, 0.3) is 0 Å². The van der Waals surface area contributed by atoms with Gasteiger partial charge in [-0.25, -0.2) is 4.98 Å². The average Bonchev–Trinajstić information content (AvgIpc) is 2.84. The van der Waals surface area contributed by atoms with Crippen LogP contribution in [-0.4, -0.2) is 30.0 Å². The molecular formula is C16H21N3S. The number of aromatic nitrogens is 1. The minimum absolute atomic E-state index is 0.574. The predicted molar refractivity (Wildman–Crippen MR) is 84.1 cm³/mol. The molecule has 1 aromatic heterocycles. The number of rotatable bonds is 4. The molecule has 0 spiro atoms. The van der Waals surface area contributed by atoms with E-state index in [4.69, 9.17) is 0 Å². The van der Waals surface area contributed by atoms with E-state index in [2.05, 4.69) is 58.8 Å². The third kappa shape index (κ3) is 3.08. The van der Waals surface area contributed by atoms with E-state index in [-0.39, 0.29) is 0 Å². The molecule has 0 saturated carbocycles. The molecule has 0 radical (unpaired) electrons. The third-order valence-electron chi connectivity index (χ3n) is 3.83. The van der Waals surface area contributed by atoms with Crippen molar-refractivity contribution >= 4 is 11.3 Å². The van der Waals surface area contributed by atoms with E-state index < -0.39 is 0 Å². The Hall–Kier alpha value is -1.23. The molecule has 2 aromatic rings. The molecule has 0 saturated heterocycles. The summed E-state index contributed by atoms with van der Waals surface area (Å²) in [5.41, 5.74) is 4.14. The molecule has 106 valence electrons. The number of nitrogens with one attached hydrogen (secondary N) is 1. The van der Waals surface area contributed by atoms with Gasteiger partial charge in [-0.15, -0.1) is 11.3 Å². The number of hydrogen-bond acceptors (Lipinski definition) is 4. The summed E-state index contributed by atoms with van der Waals surface area (Å²) in [6, 6.07) is 8.80. The van der Waals surface area contributed by atoms with Gasteiger partial charge in [0.1, 0.15) is 0 Å². The lowest BCUT2D eigenvalue weighted by molar-refractivity contribution is 0.291. The summed E-state index contributed by atoms with van der Waals surface area (Å²) < 4.78 is 0. The van der Waals surface area contributed by atoms with Gasteiger partial charge in [0.2, 0.25) is 0 Å². The first-order chi connectivity index (χ1) is 9.72. The molecule has 0 bridgehead atoms. The number of benzene rings is 1. The minimum Gasteiger partial charge on any atom is -0.312 e. The largest absolute Gasteiger partial charge is 0.312 e. The van der Waals surface area contributed by atoms with Crippen molar-refractivity contribution in [1.29, 1.82) is 0 Å². The third-order valence-corrected chi connectivity index (χ3v) is 4.65. The van der Waals surface area contributed by atoms with Gasteiger partial charge < -0.3 is 5.32 Å². The van der Waals surface area contributed by atoms with Gasteiger partial charge in [0, 0.05) is 37.5 Å². The Morgan fingerprint density at radius 3 is 3.05 bits per heavy atom. The average molecular weight is 287 g/mol. The van der Waals surface area contributed by atoms with Crippen LogP contribution in [0.3, 0.4) is 0 Å². The topological polar surface area (TPSA) is 28.2 Å². The molecule has 20 heavy (non-hydrogen) atoms. The fourth-order valence-corrected chi connectivity index (χ4v) is 3.55. The Kier molecular flexibility index (Phi) is 4.15. The summed E-state index contributed by atoms with van der Waals surface area (Å²) >= 11 is 1.73. The maximum atomic E-state index is 4.55. The summed E-state index contributed by atoms with van der Waals surface area (Å²) in [6.07, 6.45) is 0. The van der Waals surface area contributed by atoms with Crippen molar-refractivity contribution in [3.8, 4) is 0 Å². The molecule has 0 fully saturated rings. The van der Waals surface area contributed by atoms with Gasteiger partial charge in [0.15, 0.2) is 0 Å². The zero-order chi connectivity index (χ0) is 13.9. The summed E-state index contributed by atoms with van der Waals surface area (Å²) in [6.45, 7) is 6.14. The van der Waals surface area contributed by atoms with Crippen LogP contribution in [0.15, 0.2) is 29.6 Å². The Labute approximate surface area is 124 Å². The number of aryl methyl sites for hydroxylation is 1. The van der Waals surface area contributed by atoms with Crippen molar-refractivity contribution in [3.05, 3.63) is 51.5 Å². The molecule has 0 aliphatic carbocycles. The van der Waals surface area contributed by atoms with Crippen LogP contribution in [0, 0.1) is 6.92 Å². The van der Waals surface area contributed by atoms with E-state index in [1.807, 2.05) is 0 Å². The molecule has 1 aliphatic heterocycles. The smallest absolute Gasteiger partial charge is 0.0897 e. The van der Waals surface area contributed by atoms with E-state index in [9.17, 15) is 0 Å². The lowest BCUT2D eigenvalue weighted by Crippen LogP contribution is -2.35. The van der Waals surface area contributed by atoms with Gasteiger partial charge in [-0.05, 0) is 25.1 Å². The van der Waals surface area contributed by atoms with Crippen LogP contribution in [0.1, 0.15) is 27.7 Å². The predicted octanol–water partition coefficient (Wildman–Crippen LogP) is 2.77. The van der Waals surface area contributed by atoms with Crippen LogP contribution in [0.5, 0.6) is 0 Å². The Bertz CT molecular complexity index is 579. The molecule has 1 aromatic carbocycles. The number of fused-ring (bicyclic) bond motifs is 1. The van der Waals surface area contributed by atoms with E-state index >= 15 is 0 Å². The second-order valence-corrected chi connectivity index (χ2v) is 6.64. The maximum Gasteiger partial charge on any atom is 0.0897 e. The molecule has 0 amide bonds. The number of likely N-dealkylation sites (N-methyl/N-ethyl adjacent to an activating group) is 1. The Balaban J connectivity index is 1.66. The van der Waals surface area contributed by atoms with E-state index in [0.29, 0.717) is 5.92 Å². The van der Waals surface area contributed by atoms with Crippen molar-refractivity contribution in [3.63, 3.8) is 0 Å². The second-order valence-electron chi connectivity index (χ2n) is 5.58. The Morgan fingerprint density at radius 1 is 1.40 bits per heavy atom. The molecular weight excluding hydrogens is 266 g/mol. The maximum absolute atomic E-state index is 4.55. The molecule has 3 nitrogen and oxygen atoms in total. The first-order valence-corrected chi connectivity index (χ1v) is 7.98. The first kappa shape index (κ1) is 13.7. The van der Waals surface area contributed by atoms with Gasteiger partial charge in [-0.1, -0.05) is 24.3 Å². The number of hydrogen-bond donors (Lipinski definition) is 1. The van der Waals surface area contributed by atoms with Crippen LogP contribution < -0.4 is 5.32 Å². The summed E-state index contributed by atoms with van der Waals surface area (Å²) in [5.74, 6) is 0.574. The van der Waals surface area contributed by atoms with Crippen molar-refractivity contribution in [2.24, 2.45) is 0 Å². The number of thiazole rings is 1. The SMILES string of the molecule is Cc1nc(CN(C)CC2CNCc3ccccc32)cs1. The van der Waals surface area contributed by atoms with Crippen LogP contribution in [0.2, 0.25) is 0 Å². The van der Waals surface area contributed by atoms with Crippen molar-refractivity contribution in [2.75, 3.05) is 20.1 Å². The van der Waals surface area contributed by atoms with Gasteiger partial charge in [0.05, 0.1) is 10.7 Å². The minimum atomic E-state index is 0.574. The number of nitrogens with zero attached hydrogens (tertiary/aromatic N) is 2. The summed E-state index contributed by atoms with van der Waals surface area (Å²) in [4.78, 5) is 6.93. The van der Waals surface area contributed by atoms with E-state index in [0.717, 1.165) is 31.2 Å². The van der Waals surface area contributed by atoms with Gasteiger partial charge >= 0.3 is 0 Å². The van der Waals surface area contributed by atoms with Crippen LogP contribution in [-0.2, 0) is 13.1 Å². The van der Waals surface area contributed by atoms with E-state index in [1.54, 1.807) is 11.3 Å². The monoisotopic (exact) mass is 287 g/mol. The fourth-order valence-electron chi connectivity index (χ4n) is 2.95. The summed E-state index contributed by atoms with van der Waals surface area (Å²) in [7, 11) is 2.19. The standard InChI is InChI=1S/C16H21N3S/c1-12-18-15(11-20-12)10-19(2)9-14-8-17-7-13-5-3-4-6-16(13)14/h3-6,11,14,17H,7-10H2,1-2H3. The van der Waals surface area contributed by atoms with Crippen LogP contribution in [0.25, 0.3) is 0 Å². The highest BCUT2D eigenvalue weighted by atomic mass is 32.1. The molecule has 4 heteroatoms. The highest BCUT2D eigenvalue weighted by Gasteiger charge is 2.20. The molecule has 1 aliphatic rings. The van der Waals surface area contributed by atoms with Crippen LogP contribution in [0.4, 0.5) is 0 Å². The zero-order valence-corrected chi connectivity index (χ0v) is 12.9. The molecule has 3 rings (SSSR count).